The first-order valence-electron chi connectivity index (χ1n) is 3.89. The molecule has 5 heteroatoms. The summed E-state index contributed by atoms with van der Waals surface area (Å²) in [5.41, 5.74) is 5.13. The van der Waals surface area contributed by atoms with Gasteiger partial charge in [-0.3, -0.25) is 4.79 Å². The van der Waals surface area contributed by atoms with E-state index >= 15 is 0 Å². The highest BCUT2D eigenvalue weighted by atomic mass is 16.4. The summed E-state index contributed by atoms with van der Waals surface area (Å²) in [6.45, 7) is 0.413. The van der Waals surface area contributed by atoms with E-state index in [0.717, 1.165) is 6.42 Å². The number of nitrogens with zero attached hydrogens (tertiary/aromatic N) is 1. The number of amides is 1. The van der Waals surface area contributed by atoms with Crippen LogP contribution in [0.25, 0.3) is 0 Å². The van der Waals surface area contributed by atoms with Crippen LogP contribution in [0.2, 0.25) is 0 Å². The monoisotopic (exact) mass is 172 g/mol. The van der Waals surface area contributed by atoms with E-state index in [2.05, 4.69) is 0 Å². The lowest BCUT2D eigenvalue weighted by Crippen LogP contribution is -2.43. The molecular formula is C7H12N2O3. The van der Waals surface area contributed by atoms with Gasteiger partial charge < -0.3 is 15.7 Å². The molecule has 0 bridgehead atoms. The van der Waals surface area contributed by atoms with E-state index in [1.54, 1.807) is 0 Å². The summed E-state index contributed by atoms with van der Waals surface area (Å²) in [5.74, 6) is -1.21. The Morgan fingerprint density at radius 3 is 2.75 bits per heavy atom. The van der Waals surface area contributed by atoms with Crippen molar-refractivity contribution in [3.63, 3.8) is 0 Å². The van der Waals surface area contributed by atoms with Gasteiger partial charge in [-0.1, -0.05) is 0 Å². The first-order chi connectivity index (χ1) is 5.66. The lowest BCUT2D eigenvalue weighted by Gasteiger charge is -2.20. The van der Waals surface area contributed by atoms with Crippen molar-refractivity contribution >= 4 is 11.9 Å². The minimum atomic E-state index is -0.936. The van der Waals surface area contributed by atoms with Crippen molar-refractivity contribution in [3.05, 3.63) is 0 Å². The number of carbonyl (C=O) groups is 2. The normalized spacial score (nSPS) is 22.8. The fourth-order valence-electron chi connectivity index (χ4n) is 1.44. The smallest absolute Gasteiger partial charge is 0.326 e. The van der Waals surface area contributed by atoms with Crippen LogP contribution in [-0.4, -0.2) is 41.0 Å². The van der Waals surface area contributed by atoms with Crippen LogP contribution in [0.15, 0.2) is 0 Å². The van der Waals surface area contributed by atoms with Crippen LogP contribution < -0.4 is 5.73 Å². The van der Waals surface area contributed by atoms with Gasteiger partial charge in [0.2, 0.25) is 5.91 Å². The third kappa shape index (κ3) is 1.55. The summed E-state index contributed by atoms with van der Waals surface area (Å²) in [6, 6.07) is -0.652. The molecule has 0 saturated carbocycles. The molecule has 68 valence electrons. The fourth-order valence-corrected chi connectivity index (χ4v) is 1.44. The Balaban J connectivity index is 2.63. The Morgan fingerprint density at radius 2 is 2.25 bits per heavy atom. The molecule has 3 N–H and O–H groups in total. The van der Waals surface area contributed by atoms with Gasteiger partial charge in [-0.05, 0) is 12.8 Å². The van der Waals surface area contributed by atoms with Crippen molar-refractivity contribution in [2.45, 2.75) is 18.9 Å². The van der Waals surface area contributed by atoms with Crippen molar-refractivity contribution in [1.82, 2.24) is 4.90 Å². The number of carboxylic acids is 1. The van der Waals surface area contributed by atoms with Crippen molar-refractivity contribution in [1.29, 1.82) is 0 Å². The molecule has 0 radical (unpaired) electrons. The molecule has 0 aliphatic carbocycles. The number of hydrogen-bond acceptors (Lipinski definition) is 3. The Morgan fingerprint density at radius 1 is 1.58 bits per heavy atom. The average Bonchev–Trinajstić information content (AvgIpc) is 2.50. The SMILES string of the molecule is NCC(=O)N1CCC[C@@H]1C(=O)O. The number of nitrogens with two attached hydrogens (primary N) is 1. The van der Waals surface area contributed by atoms with Gasteiger partial charge in [-0.25, -0.2) is 4.79 Å². The largest absolute Gasteiger partial charge is 0.480 e. The lowest BCUT2D eigenvalue weighted by atomic mass is 10.2. The molecule has 0 aromatic rings. The summed E-state index contributed by atoms with van der Waals surface area (Å²) in [4.78, 5) is 23.0. The van der Waals surface area contributed by atoms with E-state index in [9.17, 15) is 9.59 Å². The number of carbonyl (C=O) groups excluding carboxylic acids is 1. The zero-order valence-electron chi connectivity index (χ0n) is 6.69. The van der Waals surface area contributed by atoms with Crippen LogP contribution in [0.1, 0.15) is 12.8 Å². The van der Waals surface area contributed by atoms with Gasteiger partial charge >= 0.3 is 5.97 Å². The van der Waals surface area contributed by atoms with Gasteiger partial charge in [0.1, 0.15) is 6.04 Å². The minimum Gasteiger partial charge on any atom is -0.480 e. The standard InChI is InChI=1S/C7H12N2O3/c8-4-6(10)9-3-1-2-5(9)7(11)12/h5H,1-4,8H2,(H,11,12)/t5-/m1/s1. The zero-order valence-corrected chi connectivity index (χ0v) is 6.69. The molecule has 1 atom stereocenters. The van der Waals surface area contributed by atoms with E-state index in [-0.39, 0.29) is 12.5 Å². The molecule has 12 heavy (non-hydrogen) atoms. The number of rotatable bonds is 2. The third-order valence-corrected chi connectivity index (χ3v) is 2.03. The number of aliphatic carboxylic acids is 1. The van der Waals surface area contributed by atoms with Gasteiger partial charge in [0.25, 0.3) is 0 Å². The van der Waals surface area contributed by atoms with Gasteiger partial charge in [0.15, 0.2) is 0 Å². The Hall–Kier alpha value is -1.10. The quantitative estimate of drug-likeness (QED) is 0.560. The maximum absolute atomic E-state index is 11.1. The summed E-state index contributed by atoms with van der Waals surface area (Å²) in [7, 11) is 0. The van der Waals surface area contributed by atoms with Gasteiger partial charge in [-0.15, -0.1) is 0 Å². The zero-order chi connectivity index (χ0) is 9.14. The van der Waals surface area contributed by atoms with Crippen LogP contribution in [0.4, 0.5) is 0 Å². The van der Waals surface area contributed by atoms with E-state index < -0.39 is 12.0 Å². The van der Waals surface area contributed by atoms with Crippen molar-refractivity contribution in [2.24, 2.45) is 5.73 Å². The fraction of sp³-hybridized carbons (Fsp3) is 0.714. The average molecular weight is 172 g/mol. The van der Waals surface area contributed by atoms with Crippen LogP contribution in [0.5, 0.6) is 0 Å². The summed E-state index contributed by atoms with van der Waals surface area (Å²) < 4.78 is 0. The van der Waals surface area contributed by atoms with Crippen molar-refractivity contribution < 1.29 is 14.7 Å². The third-order valence-electron chi connectivity index (χ3n) is 2.03. The molecule has 1 aliphatic heterocycles. The lowest BCUT2D eigenvalue weighted by molar-refractivity contribution is -0.147. The van der Waals surface area contributed by atoms with Crippen LogP contribution in [0.3, 0.4) is 0 Å². The molecule has 1 rings (SSSR count). The highest BCUT2D eigenvalue weighted by Gasteiger charge is 2.32. The number of likely N-dealkylation sites (tertiary alicyclic amines) is 1. The van der Waals surface area contributed by atoms with E-state index in [1.165, 1.54) is 4.90 Å². The van der Waals surface area contributed by atoms with E-state index in [4.69, 9.17) is 10.8 Å². The highest BCUT2D eigenvalue weighted by Crippen LogP contribution is 2.16. The van der Waals surface area contributed by atoms with Crippen molar-refractivity contribution in [3.8, 4) is 0 Å². The van der Waals surface area contributed by atoms with Crippen molar-refractivity contribution in [2.75, 3.05) is 13.1 Å². The van der Waals surface area contributed by atoms with Crippen LogP contribution in [-0.2, 0) is 9.59 Å². The van der Waals surface area contributed by atoms with Gasteiger partial charge in [-0.2, -0.15) is 0 Å². The highest BCUT2D eigenvalue weighted by molar-refractivity contribution is 5.85. The number of carboxylic acid groups (broad SMARTS) is 1. The second-order valence-corrected chi connectivity index (χ2v) is 2.79. The molecule has 1 fully saturated rings. The molecule has 0 aromatic carbocycles. The summed E-state index contributed by atoms with van der Waals surface area (Å²) in [5, 5.41) is 8.69. The maximum Gasteiger partial charge on any atom is 0.326 e. The van der Waals surface area contributed by atoms with Crippen LogP contribution >= 0.6 is 0 Å². The topological polar surface area (TPSA) is 83.6 Å². The van der Waals surface area contributed by atoms with E-state index in [1.807, 2.05) is 0 Å². The maximum atomic E-state index is 11.1. The Kier molecular flexibility index (Phi) is 2.65. The molecule has 5 nitrogen and oxygen atoms in total. The van der Waals surface area contributed by atoms with Crippen LogP contribution in [0, 0.1) is 0 Å². The molecule has 1 amide bonds. The molecule has 1 saturated heterocycles. The van der Waals surface area contributed by atoms with Gasteiger partial charge in [0, 0.05) is 6.54 Å². The second-order valence-electron chi connectivity index (χ2n) is 2.79. The van der Waals surface area contributed by atoms with Gasteiger partial charge in [0.05, 0.1) is 6.54 Å². The molecular weight excluding hydrogens is 160 g/mol. The predicted molar refractivity (Wildman–Crippen MR) is 41.4 cm³/mol. The molecule has 1 aliphatic rings. The molecule has 1 heterocycles. The first-order valence-corrected chi connectivity index (χ1v) is 3.89. The molecule has 0 unspecified atom stereocenters. The second kappa shape index (κ2) is 3.53. The van der Waals surface area contributed by atoms with E-state index in [0.29, 0.717) is 13.0 Å². The Bertz CT molecular complexity index is 205. The summed E-state index contributed by atoms with van der Waals surface area (Å²) in [6.07, 6.45) is 1.30. The minimum absolute atomic E-state index is 0.107. The first kappa shape index (κ1) is 8.99. The molecule has 0 spiro atoms. The predicted octanol–water partition coefficient (Wildman–Crippen LogP) is -0.979. The summed E-state index contributed by atoms with van der Waals surface area (Å²) >= 11 is 0. The molecule has 0 aromatic heterocycles. The number of hydrogen-bond donors (Lipinski definition) is 2. The Labute approximate surface area is 70.1 Å².